The fraction of sp³-hybridized carbons (Fsp3) is 0.522. The van der Waals surface area contributed by atoms with E-state index in [1.807, 2.05) is 13.1 Å². The first-order valence-corrected chi connectivity index (χ1v) is 10.3. The molecular formula is C23H29FN2O3. The second-order valence-electron chi connectivity index (χ2n) is 8.41. The van der Waals surface area contributed by atoms with Crippen LogP contribution in [0.15, 0.2) is 30.5 Å². The van der Waals surface area contributed by atoms with E-state index in [-0.39, 0.29) is 11.9 Å². The van der Waals surface area contributed by atoms with Crippen molar-refractivity contribution in [3.8, 4) is 11.5 Å². The Hall–Kier alpha value is -2.18. The fourth-order valence-corrected chi connectivity index (χ4v) is 4.87. The Morgan fingerprint density at radius 3 is 2.52 bits per heavy atom. The minimum atomic E-state index is -0.499. The third-order valence-electron chi connectivity index (χ3n) is 6.38. The maximum absolute atomic E-state index is 13.1. The maximum Gasteiger partial charge on any atom is 0.128 e. The molecular weight excluding hydrogens is 371 g/mol. The molecule has 4 rings (SSSR count). The van der Waals surface area contributed by atoms with Crippen molar-refractivity contribution in [1.29, 1.82) is 0 Å². The summed E-state index contributed by atoms with van der Waals surface area (Å²) in [7, 11) is 1.70. The van der Waals surface area contributed by atoms with Crippen molar-refractivity contribution in [2.24, 2.45) is 11.8 Å². The molecule has 1 saturated carbocycles. The van der Waals surface area contributed by atoms with Crippen LogP contribution in [-0.4, -0.2) is 47.4 Å². The lowest BCUT2D eigenvalue weighted by Gasteiger charge is -2.35. The lowest BCUT2D eigenvalue weighted by molar-refractivity contribution is -0.0231. The summed E-state index contributed by atoms with van der Waals surface area (Å²) in [5.74, 6) is 2.18. The van der Waals surface area contributed by atoms with Crippen LogP contribution in [0.4, 0.5) is 4.39 Å². The summed E-state index contributed by atoms with van der Waals surface area (Å²) in [4.78, 5) is 7.06. The average molecular weight is 400 g/mol. The van der Waals surface area contributed by atoms with Crippen LogP contribution in [0.2, 0.25) is 0 Å². The molecule has 1 aromatic carbocycles. The zero-order valence-electron chi connectivity index (χ0n) is 17.3. The van der Waals surface area contributed by atoms with Crippen LogP contribution < -0.4 is 9.47 Å². The van der Waals surface area contributed by atoms with Crippen molar-refractivity contribution in [1.82, 2.24) is 9.88 Å². The number of likely N-dealkylation sites (tertiary alicyclic amines) is 1. The predicted octanol–water partition coefficient (Wildman–Crippen LogP) is 3.50. The summed E-state index contributed by atoms with van der Waals surface area (Å²) in [5.41, 5.74) is 3.19. The third kappa shape index (κ3) is 4.23. The number of hydrogen-bond acceptors (Lipinski definition) is 5. The summed E-state index contributed by atoms with van der Waals surface area (Å²) in [6.07, 6.45) is 2.67. The normalized spacial score (nSPS) is 26.9. The molecule has 29 heavy (non-hydrogen) atoms. The van der Waals surface area contributed by atoms with E-state index in [2.05, 4.69) is 16.8 Å². The van der Waals surface area contributed by atoms with Gasteiger partial charge in [-0.25, -0.2) is 4.39 Å². The van der Waals surface area contributed by atoms with Gasteiger partial charge in [0.1, 0.15) is 23.4 Å². The number of nitrogens with zero attached hydrogens (tertiary/aromatic N) is 2. The molecule has 4 atom stereocenters. The molecule has 2 heterocycles. The molecule has 1 N–H and O–H groups in total. The molecule has 1 aliphatic heterocycles. The molecule has 2 fully saturated rings. The number of benzene rings is 1. The molecule has 1 aromatic heterocycles. The van der Waals surface area contributed by atoms with Crippen molar-refractivity contribution in [2.75, 3.05) is 20.2 Å². The number of aromatic nitrogens is 1. The highest BCUT2D eigenvalue weighted by molar-refractivity contribution is 5.41. The van der Waals surface area contributed by atoms with E-state index >= 15 is 0 Å². The maximum atomic E-state index is 13.1. The molecule has 0 unspecified atom stereocenters. The van der Waals surface area contributed by atoms with Gasteiger partial charge in [-0.15, -0.1) is 0 Å². The van der Waals surface area contributed by atoms with E-state index in [1.54, 1.807) is 19.2 Å². The van der Waals surface area contributed by atoms with Crippen LogP contribution in [0, 0.1) is 31.5 Å². The number of ether oxygens (including phenoxy) is 2. The van der Waals surface area contributed by atoms with Crippen molar-refractivity contribution in [3.63, 3.8) is 0 Å². The summed E-state index contributed by atoms with van der Waals surface area (Å²) < 4.78 is 24.6. The molecule has 1 aliphatic carbocycles. The van der Waals surface area contributed by atoms with Crippen molar-refractivity contribution < 1.29 is 19.0 Å². The lowest BCUT2D eigenvalue weighted by atomic mass is 9.78. The SMILES string of the molecule is COc1c(C)cnc(CN2C[C@H]3C[C@@H](Oc4ccc(F)cc4)[C@H](O)C[C@H]3C2)c1C. The van der Waals surface area contributed by atoms with Crippen LogP contribution in [0.3, 0.4) is 0 Å². The minimum absolute atomic E-state index is 0.249. The van der Waals surface area contributed by atoms with Gasteiger partial charge < -0.3 is 14.6 Å². The smallest absolute Gasteiger partial charge is 0.128 e. The highest BCUT2D eigenvalue weighted by atomic mass is 19.1. The molecule has 2 aromatic rings. The largest absolute Gasteiger partial charge is 0.496 e. The Morgan fingerprint density at radius 2 is 1.83 bits per heavy atom. The van der Waals surface area contributed by atoms with E-state index < -0.39 is 6.10 Å². The predicted molar refractivity (Wildman–Crippen MR) is 109 cm³/mol. The molecule has 156 valence electrons. The standard InChI is InChI=1S/C23H29FN2O3/c1-14-10-25-20(15(2)23(14)28-3)13-26-11-16-8-21(27)22(9-17(16)12-26)29-19-6-4-18(24)5-7-19/h4-7,10,16-17,21-22,27H,8-9,11-13H2,1-3H3/t16-,17+,21+,22+/m0/s1. The quantitative estimate of drug-likeness (QED) is 0.833. The number of hydrogen-bond donors (Lipinski definition) is 1. The van der Waals surface area contributed by atoms with Gasteiger partial charge >= 0.3 is 0 Å². The highest BCUT2D eigenvalue weighted by Gasteiger charge is 2.42. The van der Waals surface area contributed by atoms with E-state index in [9.17, 15) is 9.50 Å². The number of fused-ring (bicyclic) bond motifs is 1. The van der Waals surface area contributed by atoms with Crippen LogP contribution in [-0.2, 0) is 6.54 Å². The van der Waals surface area contributed by atoms with Crippen LogP contribution in [0.5, 0.6) is 11.5 Å². The Bertz CT molecular complexity index is 858. The molecule has 1 saturated heterocycles. The van der Waals surface area contributed by atoms with Gasteiger partial charge in [0, 0.05) is 37.0 Å². The van der Waals surface area contributed by atoms with Crippen molar-refractivity contribution in [2.45, 2.75) is 45.4 Å². The highest BCUT2D eigenvalue weighted by Crippen LogP contribution is 2.39. The van der Waals surface area contributed by atoms with Gasteiger partial charge in [-0.1, -0.05) is 0 Å². The molecule has 0 spiro atoms. The van der Waals surface area contributed by atoms with E-state index in [0.29, 0.717) is 17.6 Å². The van der Waals surface area contributed by atoms with Crippen LogP contribution in [0.25, 0.3) is 0 Å². The van der Waals surface area contributed by atoms with E-state index in [1.165, 1.54) is 12.1 Å². The summed E-state index contributed by atoms with van der Waals surface area (Å²) >= 11 is 0. The molecule has 6 heteroatoms. The van der Waals surface area contributed by atoms with E-state index in [0.717, 1.165) is 55.0 Å². The number of aliphatic hydroxyl groups excluding tert-OH is 1. The first-order valence-electron chi connectivity index (χ1n) is 10.3. The summed E-state index contributed by atoms with van der Waals surface area (Å²) in [6, 6.07) is 6.01. The Labute approximate surface area is 171 Å². The van der Waals surface area contributed by atoms with E-state index in [4.69, 9.17) is 9.47 Å². The first kappa shape index (κ1) is 20.1. The second kappa shape index (κ2) is 8.28. The second-order valence-corrected chi connectivity index (χ2v) is 8.41. The Balaban J connectivity index is 1.40. The number of aliphatic hydroxyl groups is 1. The number of halogens is 1. The van der Waals surface area contributed by atoms with Gasteiger partial charge in [-0.2, -0.15) is 0 Å². The molecule has 0 amide bonds. The van der Waals surface area contributed by atoms with Gasteiger partial charge in [0.25, 0.3) is 0 Å². The Morgan fingerprint density at radius 1 is 1.14 bits per heavy atom. The number of methoxy groups -OCH3 is 1. The van der Waals surface area contributed by atoms with Gasteiger partial charge in [0.05, 0.1) is 18.9 Å². The average Bonchev–Trinajstić information content (AvgIpc) is 3.07. The zero-order valence-corrected chi connectivity index (χ0v) is 17.3. The summed E-state index contributed by atoms with van der Waals surface area (Å²) in [5, 5.41) is 10.6. The van der Waals surface area contributed by atoms with Crippen LogP contribution >= 0.6 is 0 Å². The third-order valence-corrected chi connectivity index (χ3v) is 6.38. The zero-order chi connectivity index (χ0) is 20.5. The van der Waals surface area contributed by atoms with Gasteiger partial charge in [0.2, 0.25) is 0 Å². The van der Waals surface area contributed by atoms with Crippen molar-refractivity contribution in [3.05, 3.63) is 53.1 Å². The molecule has 0 bridgehead atoms. The molecule has 5 nitrogen and oxygen atoms in total. The first-order chi connectivity index (χ1) is 13.9. The van der Waals surface area contributed by atoms with Crippen molar-refractivity contribution >= 4 is 0 Å². The van der Waals surface area contributed by atoms with Crippen LogP contribution in [0.1, 0.15) is 29.7 Å². The number of rotatable bonds is 5. The lowest BCUT2D eigenvalue weighted by Crippen LogP contribution is -2.42. The molecule has 2 aliphatic rings. The number of pyridine rings is 1. The monoisotopic (exact) mass is 400 g/mol. The molecule has 0 radical (unpaired) electrons. The van der Waals surface area contributed by atoms with Gasteiger partial charge in [0.15, 0.2) is 0 Å². The summed E-state index contributed by atoms with van der Waals surface area (Å²) in [6.45, 7) is 6.79. The Kier molecular flexibility index (Phi) is 5.74. The van der Waals surface area contributed by atoms with Gasteiger partial charge in [-0.05, 0) is 62.8 Å². The number of aryl methyl sites for hydroxylation is 1. The minimum Gasteiger partial charge on any atom is -0.496 e. The van der Waals surface area contributed by atoms with Gasteiger partial charge in [-0.3, -0.25) is 9.88 Å². The fourth-order valence-electron chi connectivity index (χ4n) is 4.87. The topological polar surface area (TPSA) is 54.8 Å².